The van der Waals surface area contributed by atoms with Gasteiger partial charge < -0.3 is 9.64 Å². The molecule has 1 aromatic rings. The molecule has 0 bridgehead atoms. The molecule has 1 saturated heterocycles. The van der Waals surface area contributed by atoms with Gasteiger partial charge in [-0.3, -0.25) is 0 Å². The molecule has 1 aliphatic rings. The molecule has 2 heterocycles. The number of rotatable bonds is 4. The molecule has 0 atom stereocenters. The minimum absolute atomic E-state index is 0.00563. The van der Waals surface area contributed by atoms with Crippen molar-refractivity contribution in [1.29, 1.82) is 0 Å². The number of anilines is 1. The van der Waals surface area contributed by atoms with Gasteiger partial charge >= 0.3 is 0 Å². The van der Waals surface area contributed by atoms with Crippen LogP contribution in [0, 0.1) is 0 Å². The van der Waals surface area contributed by atoms with Crippen LogP contribution in [-0.2, 0) is 10.0 Å². The Labute approximate surface area is 113 Å². The van der Waals surface area contributed by atoms with Crippen molar-refractivity contribution in [3.8, 4) is 5.88 Å². The molecule has 7 nitrogen and oxygen atoms in total. The number of methoxy groups -OCH3 is 1. The maximum absolute atomic E-state index is 11.2. The fourth-order valence-corrected chi connectivity index (χ4v) is 3.03. The lowest BCUT2D eigenvalue weighted by Crippen LogP contribution is -2.44. The zero-order valence-corrected chi connectivity index (χ0v) is 11.9. The number of hydrogen-bond acceptors (Lipinski definition) is 6. The number of nitrogens with one attached hydrogen (secondary N) is 1. The van der Waals surface area contributed by atoms with E-state index in [0.717, 1.165) is 25.9 Å². The van der Waals surface area contributed by atoms with Crippen molar-refractivity contribution in [2.24, 2.45) is 0 Å². The zero-order valence-electron chi connectivity index (χ0n) is 11.0. The van der Waals surface area contributed by atoms with Crippen molar-refractivity contribution in [3.63, 3.8) is 0 Å². The van der Waals surface area contributed by atoms with Gasteiger partial charge in [-0.05, 0) is 12.8 Å². The molecule has 0 amide bonds. The van der Waals surface area contributed by atoms with Crippen LogP contribution in [0.2, 0.25) is 0 Å². The molecule has 106 valence electrons. The van der Waals surface area contributed by atoms with Gasteiger partial charge in [-0.25, -0.2) is 23.1 Å². The van der Waals surface area contributed by atoms with E-state index < -0.39 is 10.0 Å². The van der Waals surface area contributed by atoms with E-state index in [0.29, 0.717) is 11.7 Å². The Morgan fingerprint density at radius 2 is 1.95 bits per heavy atom. The molecular weight excluding hydrogens is 268 g/mol. The van der Waals surface area contributed by atoms with Crippen LogP contribution in [0.4, 0.5) is 5.82 Å². The lowest BCUT2D eigenvalue weighted by atomic mass is 10.1. The summed E-state index contributed by atoms with van der Waals surface area (Å²) in [4.78, 5) is 10.4. The molecular formula is C11H18N4O3S. The summed E-state index contributed by atoms with van der Waals surface area (Å²) in [7, 11) is -1.58. The Balaban J connectivity index is 2.00. The summed E-state index contributed by atoms with van der Waals surface area (Å²) in [6.45, 7) is 1.45. The summed E-state index contributed by atoms with van der Waals surface area (Å²) in [6.07, 6.45) is 5.88. The average molecular weight is 286 g/mol. The van der Waals surface area contributed by atoms with Crippen molar-refractivity contribution in [2.45, 2.75) is 18.9 Å². The van der Waals surface area contributed by atoms with Gasteiger partial charge in [-0.2, -0.15) is 0 Å². The lowest BCUT2D eigenvalue weighted by Gasteiger charge is -2.32. The van der Waals surface area contributed by atoms with E-state index in [1.54, 1.807) is 19.5 Å². The van der Waals surface area contributed by atoms with E-state index in [-0.39, 0.29) is 6.04 Å². The Morgan fingerprint density at radius 3 is 2.53 bits per heavy atom. The van der Waals surface area contributed by atoms with E-state index in [2.05, 4.69) is 19.6 Å². The molecule has 1 aliphatic heterocycles. The maximum atomic E-state index is 11.2. The van der Waals surface area contributed by atoms with Crippen LogP contribution in [0.15, 0.2) is 12.4 Å². The van der Waals surface area contributed by atoms with Gasteiger partial charge in [0.25, 0.3) is 5.88 Å². The molecule has 8 heteroatoms. The lowest BCUT2D eigenvalue weighted by molar-refractivity contribution is 0.390. The molecule has 2 rings (SSSR count). The minimum atomic E-state index is -3.14. The van der Waals surface area contributed by atoms with Gasteiger partial charge in [-0.15, -0.1) is 0 Å². The number of piperidine rings is 1. The maximum Gasteiger partial charge on any atom is 0.257 e. The zero-order chi connectivity index (χ0) is 13.9. The Hall–Kier alpha value is -1.41. The highest BCUT2D eigenvalue weighted by atomic mass is 32.2. The largest absolute Gasteiger partial charge is 0.478 e. The average Bonchev–Trinajstić information content (AvgIpc) is 2.38. The Bertz CT molecular complexity index is 526. The predicted octanol–water partition coefficient (Wildman–Crippen LogP) is 0.00320. The van der Waals surface area contributed by atoms with E-state index in [9.17, 15) is 8.42 Å². The predicted molar refractivity (Wildman–Crippen MR) is 71.8 cm³/mol. The summed E-state index contributed by atoms with van der Waals surface area (Å²) in [5.41, 5.74) is 0. The monoisotopic (exact) mass is 286 g/mol. The number of aromatic nitrogens is 2. The second kappa shape index (κ2) is 5.70. The summed E-state index contributed by atoms with van der Waals surface area (Å²) < 4.78 is 30.2. The van der Waals surface area contributed by atoms with Crippen LogP contribution < -0.4 is 14.4 Å². The Morgan fingerprint density at radius 1 is 1.32 bits per heavy atom. The molecule has 0 aromatic carbocycles. The third kappa shape index (κ3) is 3.77. The van der Waals surface area contributed by atoms with E-state index in [1.807, 2.05) is 0 Å². The van der Waals surface area contributed by atoms with Crippen LogP contribution in [0.5, 0.6) is 5.88 Å². The van der Waals surface area contributed by atoms with Crippen molar-refractivity contribution in [1.82, 2.24) is 14.7 Å². The van der Waals surface area contributed by atoms with Gasteiger partial charge in [0, 0.05) is 31.5 Å². The standard InChI is InChI=1S/C11H18N4O3S/c1-18-11-10(12-5-6-13-11)15-7-3-9(4-8-15)14-19(2,16)17/h5-6,9,14H,3-4,7-8H2,1-2H3. The smallest absolute Gasteiger partial charge is 0.257 e. The van der Waals surface area contributed by atoms with Crippen LogP contribution in [0.1, 0.15) is 12.8 Å². The van der Waals surface area contributed by atoms with E-state index in [4.69, 9.17) is 4.74 Å². The molecule has 1 fully saturated rings. The van der Waals surface area contributed by atoms with E-state index in [1.165, 1.54) is 6.26 Å². The Kier molecular flexibility index (Phi) is 4.20. The number of sulfonamides is 1. The second-order valence-electron chi connectivity index (χ2n) is 4.54. The van der Waals surface area contributed by atoms with Crippen molar-refractivity contribution in [2.75, 3.05) is 31.4 Å². The van der Waals surface area contributed by atoms with E-state index >= 15 is 0 Å². The van der Waals surface area contributed by atoms with Crippen LogP contribution >= 0.6 is 0 Å². The molecule has 0 spiro atoms. The van der Waals surface area contributed by atoms with Gasteiger partial charge in [0.05, 0.1) is 13.4 Å². The first-order valence-electron chi connectivity index (χ1n) is 6.07. The highest BCUT2D eigenvalue weighted by molar-refractivity contribution is 7.88. The molecule has 19 heavy (non-hydrogen) atoms. The molecule has 0 saturated carbocycles. The van der Waals surface area contributed by atoms with Crippen molar-refractivity contribution < 1.29 is 13.2 Å². The SMILES string of the molecule is COc1nccnc1N1CCC(NS(C)(=O)=O)CC1. The highest BCUT2D eigenvalue weighted by Crippen LogP contribution is 2.25. The van der Waals surface area contributed by atoms with Crippen LogP contribution in [0.3, 0.4) is 0 Å². The van der Waals surface area contributed by atoms with Crippen LogP contribution in [0.25, 0.3) is 0 Å². The molecule has 0 aliphatic carbocycles. The number of nitrogens with zero attached hydrogens (tertiary/aromatic N) is 3. The van der Waals surface area contributed by atoms with Crippen LogP contribution in [-0.4, -0.2) is 50.9 Å². The summed E-state index contributed by atoms with van der Waals surface area (Å²) in [5, 5.41) is 0. The van der Waals surface area contributed by atoms with Gasteiger partial charge in [0.1, 0.15) is 0 Å². The third-order valence-corrected chi connectivity index (χ3v) is 3.78. The third-order valence-electron chi connectivity index (χ3n) is 3.02. The fourth-order valence-electron chi connectivity index (χ4n) is 2.19. The van der Waals surface area contributed by atoms with Crippen molar-refractivity contribution >= 4 is 15.8 Å². The quantitative estimate of drug-likeness (QED) is 0.839. The van der Waals surface area contributed by atoms with Gasteiger partial charge in [0.15, 0.2) is 5.82 Å². The first-order chi connectivity index (χ1) is 8.99. The molecule has 0 radical (unpaired) electrons. The topological polar surface area (TPSA) is 84.4 Å². The highest BCUT2D eigenvalue weighted by Gasteiger charge is 2.24. The number of ether oxygens (including phenoxy) is 1. The minimum Gasteiger partial charge on any atom is -0.478 e. The first kappa shape index (κ1) is 14.0. The summed E-state index contributed by atoms with van der Waals surface area (Å²) >= 11 is 0. The van der Waals surface area contributed by atoms with Gasteiger partial charge in [-0.1, -0.05) is 0 Å². The molecule has 1 aromatic heterocycles. The fraction of sp³-hybridized carbons (Fsp3) is 0.636. The molecule has 1 N–H and O–H groups in total. The summed E-state index contributed by atoms with van der Waals surface area (Å²) in [5.74, 6) is 1.21. The van der Waals surface area contributed by atoms with Gasteiger partial charge in [0.2, 0.25) is 10.0 Å². The number of hydrogen-bond donors (Lipinski definition) is 1. The second-order valence-corrected chi connectivity index (χ2v) is 6.32. The van der Waals surface area contributed by atoms with Crippen molar-refractivity contribution in [3.05, 3.63) is 12.4 Å². The summed E-state index contributed by atoms with van der Waals surface area (Å²) in [6, 6.07) is -0.00563. The normalized spacial score (nSPS) is 17.5. The first-order valence-corrected chi connectivity index (χ1v) is 7.96. The molecule has 0 unspecified atom stereocenters.